The van der Waals surface area contributed by atoms with Crippen molar-refractivity contribution in [2.24, 2.45) is 11.8 Å². The van der Waals surface area contributed by atoms with E-state index in [4.69, 9.17) is 9.47 Å². The Balaban J connectivity index is 2.54. The van der Waals surface area contributed by atoms with Gasteiger partial charge in [0.1, 0.15) is 5.75 Å². The van der Waals surface area contributed by atoms with Crippen LogP contribution in [0.1, 0.15) is 59.8 Å². The normalized spacial score (nSPS) is 15.2. The minimum Gasteiger partial charge on any atom is -0.487 e. The minimum atomic E-state index is -3.10. The lowest BCUT2D eigenvalue weighted by atomic mass is 9.84. The summed E-state index contributed by atoms with van der Waals surface area (Å²) in [6.07, 6.45) is 8.46. The quantitative estimate of drug-likeness (QED) is 0.191. The van der Waals surface area contributed by atoms with Gasteiger partial charge < -0.3 is 14.6 Å². The molecule has 4 nitrogen and oxygen atoms in total. The zero-order valence-electron chi connectivity index (χ0n) is 19.7. The second kappa shape index (κ2) is 14.8. The number of rotatable bonds is 15. The van der Waals surface area contributed by atoms with Gasteiger partial charge in [0, 0.05) is 6.42 Å². The van der Waals surface area contributed by atoms with E-state index in [-0.39, 0.29) is 23.9 Å². The van der Waals surface area contributed by atoms with Crippen molar-refractivity contribution >= 4 is 5.97 Å². The molecule has 0 saturated heterocycles. The number of allylic oxidation sites excluding steroid dienone is 3. The molecule has 3 atom stereocenters. The zero-order valence-corrected chi connectivity index (χ0v) is 19.7. The Kier molecular flexibility index (Phi) is 12.8. The molecule has 1 rings (SSSR count). The molecule has 0 radical (unpaired) electrons. The molecule has 0 aliphatic heterocycles. The number of aliphatic hydroxyl groups is 1. The van der Waals surface area contributed by atoms with Crippen LogP contribution in [0.15, 0.2) is 54.6 Å². The van der Waals surface area contributed by atoms with Crippen LogP contribution >= 0.6 is 0 Å². The van der Waals surface area contributed by atoms with Gasteiger partial charge in [0.05, 0.1) is 12.2 Å². The average molecular weight is 453 g/mol. The molecule has 0 spiro atoms. The van der Waals surface area contributed by atoms with E-state index < -0.39 is 18.6 Å². The lowest BCUT2D eigenvalue weighted by Crippen LogP contribution is -2.26. The van der Waals surface area contributed by atoms with Crippen LogP contribution in [0.3, 0.4) is 0 Å². The Morgan fingerprint density at radius 3 is 2.47 bits per heavy atom. The predicted octanol–water partition coefficient (Wildman–Crippen LogP) is 6.35. The van der Waals surface area contributed by atoms with Gasteiger partial charge in [-0.05, 0) is 69.6 Å². The van der Waals surface area contributed by atoms with Crippen molar-refractivity contribution in [3.63, 3.8) is 0 Å². The van der Waals surface area contributed by atoms with Crippen LogP contribution in [-0.4, -0.2) is 35.8 Å². The molecular formula is C26H38F2O4. The first kappa shape index (κ1) is 27.8. The molecule has 0 unspecified atom stereocenters. The fraction of sp³-hybridized carbons (Fsp3) is 0.577. The van der Waals surface area contributed by atoms with E-state index in [1.54, 1.807) is 30.3 Å². The molecule has 1 N–H and O–H groups in total. The third kappa shape index (κ3) is 12.0. The number of esters is 1. The SMILES string of the molecule is CC[C@H](O)[C@H](C/C=C\CCCC(=O)OC(C)C)[C@H](C)/C=C/C(F)(F)COc1ccccc1. The number of carbonyl (C=O) groups excluding carboxylic acids is 1. The van der Waals surface area contributed by atoms with Crippen molar-refractivity contribution in [1.29, 1.82) is 0 Å². The van der Waals surface area contributed by atoms with E-state index in [0.717, 1.165) is 12.5 Å². The van der Waals surface area contributed by atoms with E-state index in [0.29, 0.717) is 31.4 Å². The van der Waals surface area contributed by atoms with E-state index in [1.807, 2.05) is 39.8 Å². The fourth-order valence-electron chi connectivity index (χ4n) is 3.26. The highest BCUT2D eigenvalue weighted by molar-refractivity contribution is 5.69. The fourth-order valence-corrected chi connectivity index (χ4v) is 3.26. The van der Waals surface area contributed by atoms with Crippen molar-refractivity contribution in [3.8, 4) is 5.75 Å². The summed E-state index contributed by atoms with van der Waals surface area (Å²) >= 11 is 0. The number of alkyl halides is 2. The Bertz CT molecular complexity index is 701. The summed E-state index contributed by atoms with van der Waals surface area (Å²) in [5.41, 5.74) is 0. The highest BCUT2D eigenvalue weighted by atomic mass is 19.3. The molecule has 0 saturated carbocycles. The van der Waals surface area contributed by atoms with Gasteiger partial charge in [-0.3, -0.25) is 4.79 Å². The summed E-state index contributed by atoms with van der Waals surface area (Å²) in [7, 11) is 0. The largest absolute Gasteiger partial charge is 0.487 e. The first-order chi connectivity index (χ1) is 15.1. The second-order valence-electron chi connectivity index (χ2n) is 8.36. The second-order valence-corrected chi connectivity index (χ2v) is 8.36. The summed E-state index contributed by atoms with van der Waals surface area (Å²) in [6.45, 7) is 6.61. The van der Waals surface area contributed by atoms with Crippen LogP contribution in [0.4, 0.5) is 8.78 Å². The van der Waals surface area contributed by atoms with Gasteiger partial charge in [-0.25, -0.2) is 0 Å². The smallest absolute Gasteiger partial charge is 0.306 e. The van der Waals surface area contributed by atoms with E-state index >= 15 is 0 Å². The Hall–Kier alpha value is -2.21. The third-order valence-corrected chi connectivity index (χ3v) is 5.10. The molecule has 0 bridgehead atoms. The number of benzene rings is 1. The average Bonchev–Trinajstić information content (AvgIpc) is 2.75. The number of halogens is 2. The number of hydrogen-bond donors (Lipinski definition) is 1. The first-order valence-electron chi connectivity index (χ1n) is 11.4. The number of unbranched alkanes of at least 4 members (excludes halogenated alkanes) is 1. The van der Waals surface area contributed by atoms with E-state index in [1.165, 1.54) is 6.08 Å². The molecule has 32 heavy (non-hydrogen) atoms. The van der Waals surface area contributed by atoms with Crippen molar-refractivity contribution < 1.29 is 28.2 Å². The van der Waals surface area contributed by atoms with Crippen molar-refractivity contribution in [1.82, 2.24) is 0 Å². The van der Waals surface area contributed by atoms with Crippen LogP contribution in [0.5, 0.6) is 5.75 Å². The highest BCUT2D eigenvalue weighted by Crippen LogP contribution is 2.26. The Labute approximate surface area is 191 Å². The summed E-state index contributed by atoms with van der Waals surface area (Å²) in [4.78, 5) is 11.5. The summed E-state index contributed by atoms with van der Waals surface area (Å²) in [6, 6.07) is 8.52. The molecular weight excluding hydrogens is 414 g/mol. The zero-order chi connectivity index (χ0) is 24.0. The van der Waals surface area contributed by atoms with Crippen molar-refractivity contribution in [3.05, 3.63) is 54.6 Å². The van der Waals surface area contributed by atoms with Crippen LogP contribution in [0.2, 0.25) is 0 Å². The standard InChI is InChI=1S/C26H38F2O4/c1-5-24(29)23(15-11-6-7-12-16-25(30)32-20(2)3)21(4)17-18-26(27,28)19-31-22-13-9-8-10-14-22/h6,8-11,13-14,17-18,20-21,23-24,29H,5,7,12,15-16,19H2,1-4H3/b11-6-,18-17+/t21-,23-,24+/m1/s1. The monoisotopic (exact) mass is 452 g/mol. The van der Waals surface area contributed by atoms with Gasteiger partial charge in [-0.2, -0.15) is 8.78 Å². The number of aliphatic hydroxyl groups excluding tert-OH is 1. The lowest BCUT2D eigenvalue weighted by molar-refractivity contribution is -0.147. The number of para-hydroxylation sites is 1. The number of ether oxygens (including phenoxy) is 2. The molecule has 0 heterocycles. The highest BCUT2D eigenvalue weighted by Gasteiger charge is 2.28. The van der Waals surface area contributed by atoms with Gasteiger partial charge in [0.2, 0.25) is 0 Å². The predicted molar refractivity (Wildman–Crippen MR) is 124 cm³/mol. The Morgan fingerprint density at radius 2 is 1.84 bits per heavy atom. The summed E-state index contributed by atoms with van der Waals surface area (Å²) < 4.78 is 38.7. The maximum atomic E-state index is 14.2. The Morgan fingerprint density at radius 1 is 1.16 bits per heavy atom. The van der Waals surface area contributed by atoms with E-state index in [9.17, 15) is 18.7 Å². The van der Waals surface area contributed by atoms with Gasteiger partial charge in [0.15, 0.2) is 6.61 Å². The van der Waals surface area contributed by atoms with Crippen LogP contribution in [0.25, 0.3) is 0 Å². The van der Waals surface area contributed by atoms with Crippen molar-refractivity contribution in [2.75, 3.05) is 6.61 Å². The molecule has 1 aromatic carbocycles. The van der Waals surface area contributed by atoms with Crippen molar-refractivity contribution in [2.45, 2.75) is 77.9 Å². The van der Waals surface area contributed by atoms with Crippen LogP contribution in [0, 0.1) is 11.8 Å². The summed E-state index contributed by atoms with van der Waals surface area (Å²) in [5.74, 6) is -3.33. The molecule has 6 heteroatoms. The first-order valence-corrected chi connectivity index (χ1v) is 11.4. The molecule has 0 fully saturated rings. The minimum absolute atomic E-state index is 0.110. The van der Waals surface area contributed by atoms with Gasteiger partial charge >= 0.3 is 5.97 Å². The summed E-state index contributed by atoms with van der Waals surface area (Å²) in [5, 5.41) is 10.4. The van der Waals surface area contributed by atoms with Gasteiger partial charge in [-0.1, -0.05) is 50.3 Å². The third-order valence-electron chi connectivity index (χ3n) is 5.10. The topological polar surface area (TPSA) is 55.8 Å². The molecule has 0 aromatic heterocycles. The number of carbonyl (C=O) groups is 1. The number of hydrogen-bond acceptors (Lipinski definition) is 4. The molecule has 1 aromatic rings. The molecule has 0 amide bonds. The molecule has 0 aliphatic rings. The molecule has 0 aliphatic carbocycles. The lowest BCUT2D eigenvalue weighted by Gasteiger charge is -2.25. The van der Waals surface area contributed by atoms with Crippen LogP contribution < -0.4 is 4.74 Å². The molecule has 180 valence electrons. The maximum Gasteiger partial charge on any atom is 0.306 e. The van der Waals surface area contributed by atoms with Gasteiger partial charge in [0.25, 0.3) is 5.92 Å². The van der Waals surface area contributed by atoms with E-state index in [2.05, 4.69) is 0 Å². The van der Waals surface area contributed by atoms with Crippen LogP contribution in [-0.2, 0) is 9.53 Å². The maximum absolute atomic E-state index is 14.2. The van der Waals surface area contributed by atoms with Gasteiger partial charge in [-0.15, -0.1) is 0 Å².